The summed E-state index contributed by atoms with van der Waals surface area (Å²) in [4.78, 5) is 8.90. The first-order valence-corrected chi connectivity index (χ1v) is 9.32. The monoisotopic (exact) mass is 366 g/mol. The third-order valence-electron chi connectivity index (χ3n) is 5.07. The number of hydrogen-bond acceptors (Lipinski definition) is 3. The lowest BCUT2D eigenvalue weighted by atomic mass is 9.90. The highest BCUT2D eigenvalue weighted by Gasteiger charge is 2.30. The number of nitrogens with one attached hydrogen (secondary N) is 1. The van der Waals surface area contributed by atoms with E-state index in [2.05, 4.69) is 17.1 Å². The third kappa shape index (κ3) is 4.44. The van der Waals surface area contributed by atoms with Gasteiger partial charge in [0.05, 0.1) is 18.8 Å². The predicted molar refractivity (Wildman–Crippen MR) is 99.7 cm³/mol. The topological polar surface area (TPSA) is 40.1 Å². The maximum Gasteiger partial charge on any atom is 0.194 e. The Bertz CT molecular complexity index is 638. The molecule has 2 fully saturated rings. The van der Waals surface area contributed by atoms with Crippen molar-refractivity contribution in [3.8, 4) is 0 Å². The molecule has 0 radical (unpaired) electrons. The van der Waals surface area contributed by atoms with Gasteiger partial charge >= 0.3 is 0 Å². The standard InChI is InChI=1S/C19H28F2N4O/c1-3-22-18(23-13-19(2)6-11-26-14-19)25-9-7-24(8-10-25)17-12-15(20)4-5-16(17)21/h4-5,12H,3,6-11,13-14H2,1-2H3,(H,22,23). The Morgan fingerprint density at radius 1 is 1.27 bits per heavy atom. The quantitative estimate of drug-likeness (QED) is 0.657. The lowest BCUT2D eigenvalue weighted by Crippen LogP contribution is -2.53. The Hall–Kier alpha value is -1.89. The molecule has 26 heavy (non-hydrogen) atoms. The van der Waals surface area contributed by atoms with Crippen molar-refractivity contribution in [2.75, 3.05) is 57.4 Å². The summed E-state index contributed by atoms with van der Waals surface area (Å²) in [5.41, 5.74) is 0.440. The number of aliphatic imine (C=N–C) groups is 1. The molecule has 1 unspecified atom stereocenters. The summed E-state index contributed by atoms with van der Waals surface area (Å²) in [6.45, 7) is 10.0. The fourth-order valence-electron chi connectivity index (χ4n) is 3.41. The first kappa shape index (κ1) is 18.9. The molecule has 1 aromatic carbocycles. The van der Waals surface area contributed by atoms with Gasteiger partial charge in [-0.3, -0.25) is 4.99 Å². The Labute approximate surface area is 154 Å². The van der Waals surface area contributed by atoms with Gasteiger partial charge in [-0.15, -0.1) is 0 Å². The van der Waals surface area contributed by atoms with E-state index in [1.165, 1.54) is 12.1 Å². The Morgan fingerprint density at radius 2 is 2.04 bits per heavy atom. The first-order chi connectivity index (χ1) is 12.5. The van der Waals surface area contributed by atoms with E-state index in [1.54, 1.807) is 0 Å². The van der Waals surface area contributed by atoms with E-state index in [-0.39, 0.29) is 11.2 Å². The Morgan fingerprint density at radius 3 is 2.69 bits per heavy atom. The second kappa shape index (κ2) is 8.20. The largest absolute Gasteiger partial charge is 0.381 e. The maximum absolute atomic E-state index is 14.0. The van der Waals surface area contributed by atoms with E-state index in [9.17, 15) is 8.78 Å². The zero-order valence-electron chi connectivity index (χ0n) is 15.6. The van der Waals surface area contributed by atoms with Crippen LogP contribution in [0.5, 0.6) is 0 Å². The van der Waals surface area contributed by atoms with Crippen molar-refractivity contribution in [2.24, 2.45) is 10.4 Å². The van der Waals surface area contributed by atoms with Gasteiger partial charge in [-0.05, 0) is 25.5 Å². The number of guanidine groups is 1. The summed E-state index contributed by atoms with van der Waals surface area (Å²) in [5.74, 6) is 0.0975. The van der Waals surface area contributed by atoms with Crippen LogP contribution in [0.3, 0.4) is 0 Å². The van der Waals surface area contributed by atoms with Crippen LogP contribution in [0.4, 0.5) is 14.5 Å². The molecule has 0 spiro atoms. The lowest BCUT2D eigenvalue weighted by Gasteiger charge is -2.38. The van der Waals surface area contributed by atoms with Crippen LogP contribution in [0.25, 0.3) is 0 Å². The zero-order chi connectivity index (χ0) is 18.6. The van der Waals surface area contributed by atoms with Crippen LogP contribution in [0, 0.1) is 17.0 Å². The molecule has 2 heterocycles. The van der Waals surface area contributed by atoms with Crippen molar-refractivity contribution in [2.45, 2.75) is 20.3 Å². The minimum absolute atomic E-state index is 0.104. The Balaban J connectivity index is 1.63. The van der Waals surface area contributed by atoms with Crippen molar-refractivity contribution in [1.82, 2.24) is 10.2 Å². The molecule has 0 aliphatic carbocycles. The molecule has 0 aromatic heterocycles. The summed E-state index contributed by atoms with van der Waals surface area (Å²) in [7, 11) is 0. The fourth-order valence-corrected chi connectivity index (χ4v) is 3.41. The molecule has 1 N–H and O–H groups in total. The van der Waals surface area contributed by atoms with E-state index in [4.69, 9.17) is 9.73 Å². The molecule has 1 atom stereocenters. The number of halogens is 2. The van der Waals surface area contributed by atoms with Crippen LogP contribution >= 0.6 is 0 Å². The van der Waals surface area contributed by atoms with Gasteiger partial charge in [-0.2, -0.15) is 0 Å². The van der Waals surface area contributed by atoms with E-state index in [1.807, 2.05) is 11.8 Å². The van der Waals surface area contributed by atoms with Crippen LogP contribution < -0.4 is 10.2 Å². The average Bonchev–Trinajstić information content (AvgIpc) is 3.08. The molecular weight excluding hydrogens is 338 g/mol. The van der Waals surface area contributed by atoms with Crippen molar-refractivity contribution >= 4 is 11.6 Å². The van der Waals surface area contributed by atoms with Gasteiger partial charge in [0.2, 0.25) is 0 Å². The predicted octanol–water partition coefficient (Wildman–Crippen LogP) is 2.48. The number of nitrogens with zero attached hydrogens (tertiary/aromatic N) is 3. The van der Waals surface area contributed by atoms with Gasteiger partial charge in [-0.25, -0.2) is 8.78 Å². The van der Waals surface area contributed by atoms with E-state index in [0.717, 1.165) is 57.8 Å². The smallest absolute Gasteiger partial charge is 0.194 e. The van der Waals surface area contributed by atoms with Gasteiger partial charge < -0.3 is 19.9 Å². The minimum atomic E-state index is -0.411. The second-order valence-corrected chi connectivity index (χ2v) is 7.35. The van der Waals surface area contributed by atoms with Crippen LogP contribution in [0.1, 0.15) is 20.3 Å². The molecule has 0 saturated carbocycles. The maximum atomic E-state index is 14.0. The van der Waals surface area contributed by atoms with Crippen molar-refractivity contribution in [3.05, 3.63) is 29.8 Å². The molecule has 3 rings (SSSR count). The number of piperazine rings is 1. The molecule has 1 aromatic rings. The molecule has 0 bridgehead atoms. The lowest BCUT2D eigenvalue weighted by molar-refractivity contribution is 0.162. The third-order valence-corrected chi connectivity index (χ3v) is 5.07. The second-order valence-electron chi connectivity index (χ2n) is 7.35. The van der Waals surface area contributed by atoms with Gasteiger partial charge in [0.1, 0.15) is 11.6 Å². The Kier molecular flexibility index (Phi) is 5.96. The summed E-state index contributed by atoms with van der Waals surface area (Å²) in [6, 6.07) is 3.61. The molecule has 2 saturated heterocycles. The molecule has 7 heteroatoms. The first-order valence-electron chi connectivity index (χ1n) is 9.32. The molecule has 2 aliphatic rings. The number of hydrogen-bond donors (Lipinski definition) is 1. The highest BCUT2D eigenvalue weighted by Crippen LogP contribution is 2.28. The molecular formula is C19H28F2N4O. The van der Waals surface area contributed by atoms with Crippen molar-refractivity contribution in [3.63, 3.8) is 0 Å². The van der Waals surface area contributed by atoms with Crippen molar-refractivity contribution in [1.29, 1.82) is 0 Å². The summed E-state index contributed by atoms with van der Waals surface area (Å²) >= 11 is 0. The van der Waals surface area contributed by atoms with E-state index >= 15 is 0 Å². The van der Waals surface area contributed by atoms with E-state index < -0.39 is 5.82 Å². The van der Waals surface area contributed by atoms with Gasteiger partial charge in [-0.1, -0.05) is 6.92 Å². The zero-order valence-corrected chi connectivity index (χ0v) is 15.6. The van der Waals surface area contributed by atoms with Gasteiger partial charge in [0.25, 0.3) is 0 Å². The number of anilines is 1. The molecule has 0 amide bonds. The van der Waals surface area contributed by atoms with Crippen LogP contribution in [-0.4, -0.2) is 63.3 Å². The average molecular weight is 366 g/mol. The number of rotatable bonds is 4. The van der Waals surface area contributed by atoms with E-state index in [0.29, 0.717) is 18.8 Å². The number of benzene rings is 1. The van der Waals surface area contributed by atoms with Crippen LogP contribution in [-0.2, 0) is 4.74 Å². The summed E-state index contributed by atoms with van der Waals surface area (Å²) < 4.78 is 33.0. The van der Waals surface area contributed by atoms with Gasteiger partial charge in [0.15, 0.2) is 5.96 Å². The fraction of sp³-hybridized carbons (Fsp3) is 0.632. The van der Waals surface area contributed by atoms with Gasteiger partial charge in [0, 0.05) is 50.8 Å². The molecule has 2 aliphatic heterocycles. The number of ether oxygens (including phenoxy) is 1. The normalized spacial score (nSPS) is 24.2. The molecule has 5 nitrogen and oxygen atoms in total. The molecule has 144 valence electrons. The highest BCUT2D eigenvalue weighted by atomic mass is 19.1. The SMILES string of the molecule is CCNC(=NCC1(C)CCOC1)N1CCN(c2cc(F)ccc2F)CC1. The van der Waals surface area contributed by atoms with Crippen LogP contribution in [0.15, 0.2) is 23.2 Å². The van der Waals surface area contributed by atoms with Crippen LogP contribution in [0.2, 0.25) is 0 Å². The highest BCUT2D eigenvalue weighted by molar-refractivity contribution is 5.80. The summed E-state index contributed by atoms with van der Waals surface area (Å²) in [6.07, 6.45) is 1.03. The summed E-state index contributed by atoms with van der Waals surface area (Å²) in [5, 5.41) is 3.35. The minimum Gasteiger partial charge on any atom is -0.381 e. The van der Waals surface area contributed by atoms with Crippen molar-refractivity contribution < 1.29 is 13.5 Å².